The molecule has 1 N–H and O–H groups in total. The Hall–Kier alpha value is -1.31. The highest BCUT2D eigenvalue weighted by Crippen LogP contribution is 2.26. The van der Waals surface area contributed by atoms with E-state index in [0.29, 0.717) is 5.56 Å². The molecule has 76 valence electrons. The van der Waals surface area contributed by atoms with E-state index in [9.17, 15) is 4.79 Å². The highest BCUT2D eigenvalue weighted by molar-refractivity contribution is 6.00. The maximum Gasteiger partial charge on any atom is 0.168 e. The van der Waals surface area contributed by atoms with E-state index >= 15 is 0 Å². The topological polar surface area (TPSA) is 37.3 Å². The molecule has 1 aromatic carbocycles. The fourth-order valence-corrected chi connectivity index (χ4v) is 1.16. The molecule has 0 unspecified atom stereocenters. The lowest BCUT2D eigenvalue weighted by atomic mass is 9.82. The number of aromatic hydroxyl groups is 1. The predicted octanol–water partition coefficient (Wildman–Crippen LogP) is 3.01. The third-order valence-electron chi connectivity index (χ3n) is 2.63. The first-order chi connectivity index (χ1) is 6.47. The Morgan fingerprint density at radius 2 is 1.79 bits per heavy atom. The number of rotatable bonds is 3. The monoisotopic (exact) mass is 192 g/mol. The zero-order valence-corrected chi connectivity index (χ0v) is 8.87. The van der Waals surface area contributed by atoms with E-state index in [4.69, 9.17) is 5.11 Å². The average Bonchev–Trinajstić information content (AvgIpc) is 2.18. The van der Waals surface area contributed by atoms with Crippen LogP contribution in [0.3, 0.4) is 0 Å². The van der Waals surface area contributed by atoms with E-state index in [0.717, 1.165) is 6.42 Å². The Bertz CT molecular complexity index is 323. The molecule has 0 atom stereocenters. The molecule has 0 saturated carbocycles. The van der Waals surface area contributed by atoms with Gasteiger partial charge in [0.15, 0.2) is 5.78 Å². The molecule has 0 saturated heterocycles. The second kappa shape index (κ2) is 3.82. The van der Waals surface area contributed by atoms with Crippen molar-refractivity contribution in [1.82, 2.24) is 0 Å². The smallest absolute Gasteiger partial charge is 0.168 e. The van der Waals surface area contributed by atoms with Crippen LogP contribution in [0.2, 0.25) is 0 Å². The molecule has 0 amide bonds. The summed E-state index contributed by atoms with van der Waals surface area (Å²) < 4.78 is 0. The third-order valence-corrected chi connectivity index (χ3v) is 2.63. The van der Waals surface area contributed by atoms with Crippen LogP contribution in [0.15, 0.2) is 24.3 Å². The number of phenols is 1. The van der Waals surface area contributed by atoms with Gasteiger partial charge in [-0.2, -0.15) is 0 Å². The van der Waals surface area contributed by atoms with E-state index in [1.165, 1.54) is 0 Å². The fraction of sp³-hybridized carbons (Fsp3) is 0.417. The van der Waals surface area contributed by atoms with Crippen molar-refractivity contribution < 1.29 is 9.90 Å². The zero-order chi connectivity index (χ0) is 10.8. The first kappa shape index (κ1) is 10.8. The van der Waals surface area contributed by atoms with Gasteiger partial charge < -0.3 is 5.11 Å². The van der Waals surface area contributed by atoms with E-state index in [1.807, 2.05) is 20.8 Å². The van der Waals surface area contributed by atoms with Gasteiger partial charge in [0.25, 0.3) is 0 Å². The summed E-state index contributed by atoms with van der Waals surface area (Å²) >= 11 is 0. The summed E-state index contributed by atoms with van der Waals surface area (Å²) in [5, 5.41) is 9.09. The maximum atomic E-state index is 11.9. The zero-order valence-electron chi connectivity index (χ0n) is 8.87. The van der Waals surface area contributed by atoms with Gasteiger partial charge in [-0.25, -0.2) is 0 Å². The lowest BCUT2D eigenvalue weighted by molar-refractivity contribution is 0.0833. The largest absolute Gasteiger partial charge is 0.508 e. The minimum absolute atomic E-state index is 0.125. The third kappa shape index (κ3) is 2.13. The normalized spacial score (nSPS) is 11.4. The number of carbonyl (C=O) groups excluding carboxylic acids is 1. The first-order valence-electron chi connectivity index (χ1n) is 4.81. The van der Waals surface area contributed by atoms with Gasteiger partial charge >= 0.3 is 0 Å². The standard InChI is InChI=1S/C12H16O2/c1-4-12(2,3)11(14)9-5-7-10(13)8-6-9/h5-8,13H,4H2,1-3H3. The second-order valence-electron chi connectivity index (χ2n) is 4.11. The molecular formula is C12H16O2. The van der Waals surface area contributed by atoms with Crippen molar-refractivity contribution in [3.8, 4) is 5.75 Å². The highest BCUT2D eigenvalue weighted by atomic mass is 16.3. The number of phenolic OH excluding ortho intramolecular Hbond substituents is 1. The lowest BCUT2D eigenvalue weighted by Gasteiger charge is -2.20. The van der Waals surface area contributed by atoms with Crippen LogP contribution in [-0.4, -0.2) is 10.9 Å². The maximum absolute atomic E-state index is 11.9. The Labute approximate surface area is 84.6 Å². The second-order valence-corrected chi connectivity index (χ2v) is 4.11. The van der Waals surface area contributed by atoms with E-state index in [1.54, 1.807) is 24.3 Å². The summed E-state index contributed by atoms with van der Waals surface area (Å²) in [5.41, 5.74) is 0.339. The molecule has 14 heavy (non-hydrogen) atoms. The van der Waals surface area contributed by atoms with Crippen molar-refractivity contribution in [2.24, 2.45) is 5.41 Å². The predicted molar refractivity (Wildman–Crippen MR) is 56.5 cm³/mol. The van der Waals surface area contributed by atoms with Crippen molar-refractivity contribution in [3.63, 3.8) is 0 Å². The molecule has 1 aromatic rings. The van der Waals surface area contributed by atoms with Gasteiger partial charge in [-0.1, -0.05) is 20.8 Å². The molecule has 2 heteroatoms. The molecule has 0 spiro atoms. The summed E-state index contributed by atoms with van der Waals surface area (Å²) in [7, 11) is 0. The molecule has 0 aromatic heterocycles. The van der Waals surface area contributed by atoms with Crippen LogP contribution in [0.1, 0.15) is 37.6 Å². The molecule has 0 heterocycles. The Morgan fingerprint density at radius 1 is 1.29 bits per heavy atom. The van der Waals surface area contributed by atoms with Crippen LogP contribution in [0.4, 0.5) is 0 Å². The summed E-state index contributed by atoms with van der Waals surface area (Å²) in [5.74, 6) is 0.316. The summed E-state index contributed by atoms with van der Waals surface area (Å²) in [6, 6.07) is 6.40. The molecule has 2 nitrogen and oxygen atoms in total. The summed E-state index contributed by atoms with van der Waals surface area (Å²) in [4.78, 5) is 11.9. The molecule has 0 aliphatic carbocycles. The van der Waals surface area contributed by atoms with Crippen molar-refractivity contribution in [3.05, 3.63) is 29.8 Å². The number of Topliss-reactive ketones (excluding diaryl/α,β-unsaturated/α-hetero) is 1. The van der Waals surface area contributed by atoms with E-state index < -0.39 is 0 Å². The number of carbonyl (C=O) groups is 1. The van der Waals surface area contributed by atoms with Crippen molar-refractivity contribution in [2.45, 2.75) is 27.2 Å². The number of hydrogen-bond donors (Lipinski definition) is 1. The lowest BCUT2D eigenvalue weighted by Crippen LogP contribution is -2.23. The van der Waals surface area contributed by atoms with Gasteiger partial charge in [0.1, 0.15) is 5.75 Å². The van der Waals surface area contributed by atoms with Crippen LogP contribution < -0.4 is 0 Å². The molecule has 0 aliphatic heterocycles. The fourth-order valence-electron chi connectivity index (χ4n) is 1.16. The molecule has 1 rings (SSSR count). The van der Waals surface area contributed by atoms with Crippen molar-refractivity contribution in [1.29, 1.82) is 0 Å². The first-order valence-corrected chi connectivity index (χ1v) is 4.81. The van der Waals surface area contributed by atoms with E-state index in [2.05, 4.69) is 0 Å². The average molecular weight is 192 g/mol. The number of benzene rings is 1. The Balaban J connectivity index is 2.96. The SMILES string of the molecule is CCC(C)(C)C(=O)c1ccc(O)cc1. The quantitative estimate of drug-likeness (QED) is 0.747. The summed E-state index contributed by atoms with van der Waals surface area (Å²) in [6.07, 6.45) is 0.812. The molecule has 0 aliphatic rings. The Kier molecular flexibility index (Phi) is 2.94. The van der Waals surface area contributed by atoms with Gasteiger partial charge in [-0.15, -0.1) is 0 Å². The van der Waals surface area contributed by atoms with Gasteiger partial charge in [-0.3, -0.25) is 4.79 Å². The van der Waals surface area contributed by atoms with Gasteiger partial charge in [-0.05, 0) is 30.7 Å². The van der Waals surface area contributed by atoms with Crippen LogP contribution in [-0.2, 0) is 0 Å². The van der Waals surface area contributed by atoms with E-state index in [-0.39, 0.29) is 16.9 Å². The van der Waals surface area contributed by atoms with Gasteiger partial charge in [0.2, 0.25) is 0 Å². The summed E-state index contributed by atoms with van der Waals surface area (Å²) in [6.45, 7) is 5.86. The van der Waals surface area contributed by atoms with Crippen molar-refractivity contribution >= 4 is 5.78 Å². The van der Waals surface area contributed by atoms with Crippen LogP contribution in [0, 0.1) is 5.41 Å². The highest BCUT2D eigenvalue weighted by Gasteiger charge is 2.26. The van der Waals surface area contributed by atoms with Crippen LogP contribution in [0.25, 0.3) is 0 Å². The van der Waals surface area contributed by atoms with Crippen LogP contribution in [0.5, 0.6) is 5.75 Å². The minimum Gasteiger partial charge on any atom is -0.508 e. The number of ketones is 1. The molecular weight excluding hydrogens is 176 g/mol. The van der Waals surface area contributed by atoms with Gasteiger partial charge in [0, 0.05) is 11.0 Å². The number of hydrogen-bond acceptors (Lipinski definition) is 2. The molecule has 0 fully saturated rings. The molecule has 0 bridgehead atoms. The van der Waals surface area contributed by atoms with Gasteiger partial charge in [0.05, 0.1) is 0 Å². The van der Waals surface area contributed by atoms with Crippen LogP contribution >= 0.6 is 0 Å². The van der Waals surface area contributed by atoms with Crippen molar-refractivity contribution in [2.75, 3.05) is 0 Å². The molecule has 0 radical (unpaired) electrons. The minimum atomic E-state index is -0.322. The Morgan fingerprint density at radius 3 is 2.21 bits per heavy atom.